The first-order chi connectivity index (χ1) is 17.7. The highest BCUT2D eigenvalue weighted by atomic mass is 16.5. The van der Waals surface area contributed by atoms with Gasteiger partial charge in [-0.2, -0.15) is 0 Å². The number of aliphatic hydroxyl groups is 1. The fraction of sp³-hybridized carbons (Fsp3) is 0.345. The van der Waals surface area contributed by atoms with Crippen LogP contribution >= 0.6 is 0 Å². The number of amides is 1. The minimum absolute atomic E-state index is 0.00902. The molecule has 1 fully saturated rings. The Morgan fingerprint density at radius 3 is 2.05 bits per heavy atom. The quantitative estimate of drug-likeness (QED) is 0.239. The van der Waals surface area contributed by atoms with Crippen LogP contribution in [-0.2, 0) is 16.1 Å². The summed E-state index contributed by atoms with van der Waals surface area (Å²) >= 11 is 0. The topological polar surface area (TPSA) is 93.9 Å². The molecule has 0 saturated carbocycles. The number of hydrogen-bond donors (Lipinski definition) is 1. The van der Waals surface area contributed by atoms with E-state index in [9.17, 15) is 14.7 Å². The van der Waals surface area contributed by atoms with E-state index in [0.717, 1.165) is 5.56 Å². The highest BCUT2D eigenvalue weighted by Crippen LogP contribution is 2.40. The van der Waals surface area contributed by atoms with Gasteiger partial charge in [-0.3, -0.25) is 9.59 Å². The smallest absolute Gasteiger partial charge is 0.295 e. The van der Waals surface area contributed by atoms with Crippen LogP contribution in [-0.4, -0.2) is 50.0 Å². The summed E-state index contributed by atoms with van der Waals surface area (Å²) in [6.07, 6.45) is 5.91. The highest BCUT2D eigenvalue weighted by molar-refractivity contribution is 6.46. The molecule has 37 heavy (non-hydrogen) atoms. The molecule has 1 N–H and O–H groups in total. The van der Waals surface area contributed by atoms with E-state index in [2.05, 4.69) is 4.98 Å². The molecule has 4 rings (SSSR count). The maximum absolute atomic E-state index is 13.3. The molecule has 1 amide bonds. The number of Topliss-reactive ketones (excluding diaryl/α,β-unsaturated/α-hetero) is 1. The number of nitrogens with zero attached hydrogens (tertiary/aromatic N) is 3. The lowest BCUT2D eigenvalue weighted by atomic mass is 9.95. The van der Waals surface area contributed by atoms with Gasteiger partial charge >= 0.3 is 0 Å². The fourth-order valence-corrected chi connectivity index (χ4v) is 4.42. The van der Waals surface area contributed by atoms with Crippen molar-refractivity contribution in [3.63, 3.8) is 0 Å². The minimum atomic E-state index is -0.720. The van der Waals surface area contributed by atoms with Gasteiger partial charge in [-0.1, -0.05) is 12.1 Å². The third-order valence-electron chi connectivity index (χ3n) is 5.98. The zero-order valence-electron chi connectivity index (χ0n) is 21.6. The van der Waals surface area contributed by atoms with Crippen molar-refractivity contribution < 1.29 is 24.2 Å². The molecule has 8 nitrogen and oxygen atoms in total. The van der Waals surface area contributed by atoms with Gasteiger partial charge < -0.3 is 24.0 Å². The van der Waals surface area contributed by atoms with E-state index >= 15 is 0 Å². The zero-order valence-corrected chi connectivity index (χ0v) is 21.6. The van der Waals surface area contributed by atoms with Gasteiger partial charge in [-0.15, -0.1) is 0 Å². The fourth-order valence-electron chi connectivity index (χ4n) is 4.42. The Bertz CT molecular complexity index is 1250. The number of rotatable bonds is 10. The lowest BCUT2D eigenvalue weighted by Crippen LogP contribution is -2.31. The number of hydrogen-bond acceptors (Lipinski definition) is 6. The summed E-state index contributed by atoms with van der Waals surface area (Å²) in [5, 5.41) is 11.3. The van der Waals surface area contributed by atoms with Gasteiger partial charge in [0.05, 0.1) is 30.2 Å². The second kappa shape index (κ2) is 11.3. The maximum Gasteiger partial charge on any atom is 0.295 e. The summed E-state index contributed by atoms with van der Waals surface area (Å²) in [5.74, 6) is -0.186. The normalized spacial score (nSPS) is 17.1. The molecule has 194 valence electrons. The lowest BCUT2D eigenvalue weighted by molar-refractivity contribution is -0.139. The van der Waals surface area contributed by atoms with Crippen LogP contribution in [0.25, 0.3) is 5.76 Å². The molecular weight excluding hydrogens is 470 g/mol. The van der Waals surface area contributed by atoms with Gasteiger partial charge in [0.25, 0.3) is 11.7 Å². The van der Waals surface area contributed by atoms with Crippen molar-refractivity contribution >= 4 is 17.4 Å². The first-order valence-corrected chi connectivity index (χ1v) is 12.5. The summed E-state index contributed by atoms with van der Waals surface area (Å²) in [5.41, 5.74) is 1.24. The molecule has 0 bridgehead atoms. The van der Waals surface area contributed by atoms with Gasteiger partial charge in [0, 0.05) is 31.0 Å². The predicted octanol–water partition coefficient (Wildman–Crippen LogP) is 4.97. The highest BCUT2D eigenvalue weighted by Gasteiger charge is 2.45. The van der Waals surface area contributed by atoms with Crippen molar-refractivity contribution in [1.82, 2.24) is 14.5 Å². The van der Waals surface area contributed by atoms with E-state index in [4.69, 9.17) is 9.47 Å². The lowest BCUT2D eigenvalue weighted by Gasteiger charge is -2.25. The Hall–Kier alpha value is -4.07. The molecule has 1 atom stereocenters. The molecule has 1 aromatic heterocycles. The molecule has 0 radical (unpaired) electrons. The number of benzene rings is 2. The standard InChI is InChI=1S/C29H33N3O5/c1-19(2)36-23-10-6-21(7-11-23)26-25(27(33)22-8-12-24(13-9-22)37-20(3)4)28(34)29(35)32(26)16-5-15-31-17-14-30-18-31/h6-14,17-20,26,33H,5,15-16H2,1-4H3/b27-25+/t26-/m0/s1. The monoisotopic (exact) mass is 503 g/mol. The summed E-state index contributed by atoms with van der Waals surface area (Å²) in [6.45, 7) is 8.74. The molecule has 1 aliphatic rings. The van der Waals surface area contributed by atoms with Crippen molar-refractivity contribution in [3.05, 3.63) is 84.0 Å². The Morgan fingerprint density at radius 1 is 0.919 bits per heavy atom. The van der Waals surface area contributed by atoms with Crippen LogP contribution in [0, 0.1) is 0 Å². The number of ketones is 1. The van der Waals surface area contributed by atoms with E-state index in [1.807, 2.05) is 62.7 Å². The van der Waals surface area contributed by atoms with Crippen molar-refractivity contribution in [3.8, 4) is 11.5 Å². The number of ether oxygens (including phenoxy) is 2. The largest absolute Gasteiger partial charge is 0.507 e. The third-order valence-corrected chi connectivity index (χ3v) is 5.98. The predicted molar refractivity (Wildman–Crippen MR) is 140 cm³/mol. The van der Waals surface area contributed by atoms with E-state index in [-0.39, 0.29) is 23.5 Å². The van der Waals surface area contributed by atoms with Gasteiger partial charge in [0.15, 0.2) is 0 Å². The maximum atomic E-state index is 13.3. The second-order valence-electron chi connectivity index (χ2n) is 9.57. The number of aromatic nitrogens is 2. The van der Waals surface area contributed by atoms with Crippen LogP contribution < -0.4 is 9.47 Å². The molecule has 2 heterocycles. The number of carbonyl (C=O) groups excluding carboxylic acids is 2. The number of imidazole rings is 1. The number of aliphatic hydroxyl groups excluding tert-OH is 1. The van der Waals surface area contributed by atoms with Gasteiger partial charge in [-0.25, -0.2) is 4.98 Å². The van der Waals surface area contributed by atoms with Crippen LogP contribution in [0.2, 0.25) is 0 Å². The van der Waals surface area contributed by atoms with E-state index in [1.165, 1.54) is 0 Å². The summed E-state index contributed by atoms with van der Waals surface area (Å²) in [4.78, 5) is 32.0. The molecule has 0 unspecified atom stereocenters. The SMILES string of the molecule is CC(C)Oc1ccc(/C(O)=C2\C(=O)C(=O)N(CCCn3ccnc3)[C@H]2c2ccc(OC(C)C)cc2)cc1. The first-order valence-electron chi connectivity index (χ1n) is 12.5. The summed E-state index contributed by atoms with van der Waals surface area (Å²) in [6, 6.07) is 13.5. The van der Waals surface area contributed by atoms with Gasteiger partial charge in [-0.05, 0) is 76.1 Å². The molecule has 2 aromatic carbocycles. The average molecular weight is 504 g/mol. The van der Waals surface area contributed by atoms with Crippen molar-refractivity contribution in [2.45, 2.75) is 58.9 Å². The number of carbonyl (C=O) groups is 2. The zero-order chi connectivity index (χ0) is 26.5. The molecule has 3 aromatic rings. The van der Waals surface area contributed by atoms with Crippen LogP contribution in [0.5, 0.6) is 11.5 Å². The number of aryl methyl sites for hydroxylation is 1. The summed E-state index contributed by atoms with van der Waals surface area (Å²) in [7, 11) is 0. The van der Waals surface area contributed by atoms with Crippen molar-refractivity contribution in [2.24, 2.45) is 0 Å². The summed E-state index contributed by atoms with van der Waals surface area (Å²) < 4.78 is 13.4. The first kappa shape index (κ1) is 26.0. The Kier molecular flexibility index (Phi) is 7.96. The molecule has 1 aliphatic heterocycles. The minimum Gasteiger partial charge on any atom is -0.507 e. The van der Waals surface area contributed by atoms with Crippen molar-refractivity contribution in [1.29, 1.82) is 0 Å². The number of likely N-dealkylation sites (tertiary alicyclic amines) is 1. The Balaban J connectivity index is 1.69. The van der Waals surface area contributed by atoms with E-state index < -0.39 is 17.7 Å². The van der Waals surface area contributed by atoms with Gasteiger partial charge in [0.1, 0.15) is 17.3 Å². The average Bonchev–Trinajstić information content (AvgIpc) is 3.46. The molecule has 0 aliphatic carbocycles. The molecule has 1 saturated heterocycles. The Labute approximate surface area is 217 Å². The Morgan fingerprint density at radius 2 is 1.51 bits per heavy atom. The van der Waals surface area contributed by atoms with Crippen LogP contribution in [0.4, 0.5) is 0 Å². The van der Waals surface area contributed by atoms with Crippen LogP contribution in [0.15, 0.2) is 72.8 Å². The molecule has 8 heteroatoms. The van der Waals surface area contributed by atoms with Crippen LogP contribution in [0.3, 0.4) is 0 Å². The second-order valence-corrected chi connectivity index (χ2v) is 9.57. The molecule has 0 spiro atoms. The molecular formula is C29H33N3O5. The third kappa shape index (κ3) is 6.02. The van der Waals surface area contributed by atoms with E-state index in [1.54, 1.807) is 41.7 Å². The van der Waals surface area contributed by atoms with E-state index in [0.29, 0.717) is 36.6 Å². The van der Waals surface area contributed by atoms with Crippen molar-refractivity contribution in [2.75, 3.05) is 6.54 Å². The van der Waals surface area contributed by atoms with Crippen LogP contribution in [0.1, 0.15) is 51.3 Å². The van der Waals surface area contributed by atoms with Gasteiger partial charge in [0.2, 0.25) is 0 Å².